The van der Waals surface area contributed by atoms with Crippen molar-refractivity contribution in [3.8, 4) is 11.5 Å². The zero-order valence-electron chi connectivity index (χ0n) is 14.8. The van der Waals surface area contributed by atoms with Gasteiger partial charge in [-0.2, -0.15) is 0 Å². The summed E-state index contributed by atoms with van der Waals surface area (Å²) < 4.78 is 10.5. The van der Waals surface area contributed by atoms with Crippen LogP contribution in [0.4, 0.5) is 0 Å². The standard InChI is InChI=1S/C19H24O7/c1-11-5-3-7-14(20)18(23)15(21)8-4-6-12-9-13(25-2)10-16(22)17(12)19(24)26-11/h3,7,9-11,15,18,21-23H,4-6,8H2,1-2H3/t11?,15-,18+/m0/s1. The predicted molar refractivity (Wildman–Crippen MR) is 93.3 cm³/mol. The zero-order chi connectivity index (χ0) is 19.3. The molecule has 7 nitrogen and oxygen atoms in total. The maximum atomic E-state index is 12.5. The number of aliphatic hydroxyl groups is 2. The smallest absolute Gasteiger partial charge is 0.342 e. The van der Waals surface area contributed by atoms with Crippen LogP contribution >= 0.6 is 0 Å². The number of phenols is 1. The van der Waals surface area contributed by atoms with Gasteiger partial charge in [0.2, 0.25) is 0 Å². The number of aliphatic hydroxyl groups excluding tert-OH is 2. The highest BCUT2D eigenvalue weighted by atomic mass is 16.5. The second kappa shape index (κ2) is 8.82. The van der Waals surface area contributed by atoms with Gasteiger partial charge < -0.3 is 24.8 Å². The summed E-state index contributed by atoms with van der Waals surface area (Å²) >= 11 is 0. The molecule has 0 saturated heterocycles. The van der Waals surface area contributed by atoms with E-state index in [2.05, 4.69) is 0 Å². The fourth-order valence-corrected chi connectivity index (χ4v) is 2.82. The van der Waals surface area contributed by atoms with Gasteiger partial charge >= 0.3 is 5.97 Å². The summed E-state index contributed by atoms with van der Waals surface area (Å²) in [4.78, 5) is 24.3. The quantitative estimate of drug-likeness (QED) is 0.648. The van der Waals surface area contributed by atoms with E-state index >= 15 is 0 Å². The van der Waals surface area contributed by atoms with Crippen molar-refractivity contribution < 1.29 is 34.4 Å². The van der Waals surface area contributed by atoms with Crippen molar-refractivity contribution in [2.45, 2.75) is 50.9 Å². The number of methoxy groups -OCH3 is 1. The topological polar surface area (TPSA) is 113 Å². The highest BCUT2D eigenvalue weighted by Crippen LogP contribution is 2.30. The van der Waals surface area contributed by atoms with Gasteiger partial charge in [0.25, 0.3) is 0 Å². The van der Waals surface area contributed by atoms with Crippen molar-refractivity contribution >= 4 is 11.8 Å². The number of benzene rings is 1. The lowest BCUT2D eigenvalue weighted by Gasteiger charge is -2.18. The zero-order valence-corrected chi connectivity index (χ0v) is 14.8. The average Bonchev–Trinajstić information content (AvgIpc) is 2.59. The lowest BCUT2D eigenvalue weighted by atomic mass is 9.97. The Morgan fingerprint density at radius 3 is 2.65 bits per heavy atom. The maximum Gasteiger partial charge on any atom is 0.342 e. The fraction of sp³-hybridized carbons (Fsp3) is 0.474. The first-order chi connectivity index (χ1) is 12.3. The van der Waals surface area contributed by atoms with Crippen molar-refractivity contribution in [2.24, 2.45) is 0 Å². The van der Waals surface area contributed by atoms with Gasteiger partial charge in [-0.15, -0.1) is 0 Å². The van der Waals surface area contributed by atoms with Gasteiger partial charge in [0, 0.05) is 12.5 Å². The molecule has 2 rings (SSSR count). The minimum Gasteiger partial charge on any atom is -0.507 e. The normalized spacial score (nSPS) is 25.2. The van der Waals surface area contributed by atoms with Gasteiger partial charge in [0.15, 0.2) is 5.78 Å². The van der Waals surface area contributed by atoms with Crippen LogP contribution in [-0.4, -0.2) is 52.5 Å². The number of hydrogen-bond donors (Lipinski definition) is 3. The molecule has 1 aliphatic heterocycles. The van der Waals surface area contributed by atoms with E-state index in [-0.39, 0.29) is 24.2 Å². The van der Waals surface area contributed by atoms with Gasteiger partial charge in [-0.1, -0.05) is 6.08 Å². The Kier molecular flexibility index (Phi) is 6.76. The maximum absolute atomic E-state index is 12.5. The molecule has 3 N–H and O–H groups in total. The monoisotopic (exact) mass is 364 g/mol. The molecule has 0 amide bonds. The Labute approximate surface area is 151 Å². The Morgan fingerprint density at radius 2 is 1.96 bits per heavy atom. The van der Waals surface area contributed by atoms with Gasteiger partial charge in [-0.3, -0.25) is 4.79 Å². The number of phenolic OH excluding ortho intramolecular Hbond substituents is 1. The number of cyclic esters (lactones) is 1. The van der Waals surface area contributed by atoms with Crippen LogP contribution in [0.1, 0.15) is 42.1 Å². The molecule has 0 spiro atoms. The molecule has 1 aromatic carbocycles. The highest BCUT2D eigenvalue weighted by Gasteiger charge is 2.25. The number of esters is 1. The van der Waals surface area contributed by atoms with E-state index in [1.807, 2.05) is 0 Å². The van der Waals surface area contributed by atoms with Crippen LogP contribution in [-0.2, 0) is 16.0 Å². The summed E-state index contributed by atoms with van der Waals surface area (Å²) in [6, 6.07) is 2.96. The second-order valence-electron chi connectivity index (χ2n) is 6.34. The molecule has 0 radical (unpaired) electrons. The molecule has 1 unspecified atom stereocenters. The summed E-state index contributed by atoms with van der Waals surface area (Å²) in [7, 11) is 1.45. The van der Waals surface area contributed by atoms with Crippen LogP contribution in [0.5, 0.6) is 11.5 Å². The molecule has 1 heterocycles. The minimum atomic E-state index is -1.50. The number of fused-ring (bicyclic) bond motifs is 1. The van der Waals surface area contributed by atoms with E-state index < -0.39 is 30.1 Å². The van der Waals surface area contributed by atoms with Crippen molar-refractivity contribution in [2.75, 3.05) is 7.11 Å². The average molecular weight is 364 g/mol. The molecule has 0 aromatic heterocycles. The number of rotatable bonds is 1. The van der Waals surface area contributed by atoms with Crippen molar-refractivity contribution in [1.29, 1.82) is 0 Å². The molecule has 3 atom stereocenters. The van der Waals surface area contributed by atoms with Crippen molar-refractivity contribution in [3.63, 3.8) is 0 Å². The molecule has 0 fully saturated rings. The van der Waals surface area contributed by atoms with E-state index in [4.69, 9.17) is 9.47 Å². The molecule has 7 heteroatoms. The molecule has 1 aromatic rings. The number of ether oxygens (including phenoxy) is 2. The second-order valence-corrected chi connectivity index (χ2v) is 6.34. The summed E-state index contributed by atoms with van der Waals surface area (Å²) in [5.74, 6) is -1.10. The summed E-state index contributed by atoms with van der Waals surface area (Å²) in [6.07, 6.45) is 0.556. The molecular formula is C19H24O7. The third kappa shape index (κ3) is 4.83. The van der Waals surface area contributed by atoms with Crippen molar-refractivity contribution in [3.05, 3.63) is 35.4 Å². The first kappa shape index (κ1) is 19.9. The van der Waals surface area contributed by atoms with Crippen LogP contribution in [0.25, 0.3) is 0 Å². The minimum absolute atomic E-state index is 0.0600. The van der Waals surface area contributed by atoms with E-state index in [0.29, 0.717) is 24.2 Å². The molecule has 26 heavy (non-hydrogen) atoms. The van der Waals surface area contributed by atoms with E-state index in [1.54, 1.807) is 13.0 Å². The van der Waals surface area contributed by atoms with E-state index in [9.17, 15) is 24.9 Å². The number of hydrogen-bond acceptors (Lipinski definition) is 7. The Balaban J connectivity index is 2.36. The van der Waals surface area contributed by atoms with Gasteiger partial charge in [0.05, 0.1) is 13.2 Å². The van der Waals surface area contributed by atoms with Gasteiger partial charge in [0.1, 0.15) is 29.3 Å². The lowest BCUT2D eigenvalue weighted by molar-refractivity contribution is -0.128. The molecule has 0 bridgehead atoms. The highest BCUT2D eigenvalue weighted by molar-refractivity contribution is 5.95. The number of aryl methyl sites for hydroxylation is 1. The molecule has 0 aliphatic carbocycles. The third-order valence-corrected chi connectivity index (χ3v) is 4.27. The molecule has 142 valence electrons. The van der Waals surface area contributed by atoms with Crippen LogP contribution in [0, 0.1) is 0 Å². The Morgan fingerprint density at radius 1 is 1.23 bits per heavy atom. The fourth-order valence-electron chi connectivity index (χ4n) is 2.82. The largest absolute Gasteiger partial charge is 0.507 e. The lowest BCUT2D eigenvalue weighted by Crippen LogP contribution is -2.33. The Bertz CT molecular complexity index is 695. The SMILES string of the molecule is COc1cc(O)c2c(c1)CCC[C@H](O)[C@H](O)C(=O)C=CCC(C)OC2=O. The first-order valence-electron chi connectivity index (χ1n) is 8.50. The van der Waals surface area contributed by atoms with E-state index in [1.165, 1.54) is 25.3 Å². The summed E-state index contributed by atoms with van der Waals surface area (Å²) in [5.41, 5.74) is 0.574. The van der Waals surface area contributed by atoms with Crippen molar-refractivity contribution in [1.82, 2.24) is 0 Å². The van der Waals surface area contributed by atoms with Crippen LogP contribution < -0.4 is 4.74 Å². The molecular weight excluding hydrogens is 340 g/mol. The molecule has 0 saturated carbocycles. The summed E-state index contributed by atoms with van der Waals surface area (Å²) in [6.45, 7) is 1.66. The number of ketones is 1. The number of carbonyl (C=O) groups excluding carboxylic acids is 2. The van der Waals surface area contributed by atoms with Gasteiger partial charge in [-0.05, 0) is 43.9 Å². The summed E-state index contributed by atoms with van der Waals surface area (Å²) in [5, 5.41) is 30.1. The number of aromatic hydroxyl groups is 1. The Hall–Kier alpha value is -2.38. The van der Waals surface area contributed by atoms with E-state index in [0.717, 1.165) is 0 Å². The van der Waals surface area contributed by atoms with Crippen LogP contribution in [0.3, 0.4) is 0 Å². The van der Waals surface area contributed by atoms with Crippen LogP contribution in [0.15, 0.2) is 24.3 Å². The van der Waals surface area contributed by atoms with Crippen LogP contribution in [0.2, 0.25) is 0 Å². The first-order valence-corrected chi connectivity index (χ1v) is 8.50. The van der Waals surface area contributed by atoms with Gasteiger partial charge in [-0.25, -0.2) is 4.79 Å². The molecule has 1 aliphatic rings. The predicted octanol–water partition coefficient (Wildman–Crippen LogP) is 1.52. The number of carbonyl (C=O) groups is 2. The third-order valence-electron chi connectivity index (χ3n) is 4.27.